The van der Waals surface area contributed by atoms with Crippen LogP contribution in [0.5, 0.6) is 0 Å². The largest absolute Gasteiger partial charge is 0.376 e. The van der Waals surface area contributed by atoms with Crippen molar-refractivity contribution in [3.8, 4) is 0 Å². The van der Waals surface area contributed by atoms with Crippen molar-refractivity contribution in [3.63, 3.8) is 0 Å². The summed E-state index contributed by atoms with van der Waals surface area (Å²) < 4.78 is 5.67. The second kappa shape index (κ2) is 5.99. The van der Waals surface area contributed by atoms with Gasteiger partial charge in [-0.15, -0.1) is 11.3 Å². The highest BCUT2D eigenvalue weighted by Crippen LogP contribution is 2.30. The molecule has 0 saturated carbocycles. The fraction of sp³-hybridized carbons (Fsp3) is 0.769. The molecule has 0 aromatic carbocycles. The van der Waals surface area contributed by atoms with Crippen LogP contribution < -0.4 is 10.6 Å². The van der Waals surface area contributed by atoms with E-state index in [9.17, 15) is 0 Å². The first-order chi connectivity index (χ1) is 8.61. The number of anilines is 1. The number of likely N-dealkylation sites (N-methyl/N-ethyl adjacent to an activating group) is 1. The molecule has 1 aromatic rings. The van der Waals surface area contributed by atoms with Crippen LogP contribution in [0.15, 0.2) is 0 Å². The topological polar surface area (TPSA) is 51.4 Å². The fourth-order valence-electron chi connectivity index (χ4n) is 2.28. The van der Waals surface area contributed by atoms with Gasteiger partial charge in [0.05, 0.1) is 11.8 Å². The smallest absolute Gasteiger partial charge is 0.185 e. The number of thiazole rings is 1. The Hall–Kier alpha value is -0.650. The van der Waals surface area contributed by atoms with Gasteiger partial charge in [0.1, 0.15) is 0 Å². The number of ether oxygens (including phenoxy) is 1. The second-order valence-electron chi connectivity index (χ2n) is 5.18. The SMILES string of the molecule is CC(C)c1nc(N(C)CC2CCCO2)sc1CN. The van der Waals surface area contributed by atoms with Crippen LogP contribution in [0.3, 0.4) is 0 Å². The molecule has 18 heavy (non-hydrogen) atoms. The van der Waals surface area contributed by atoms with Gasteiger partial charge < -0.3 is 15.4 Å². The zero-order chi connectivity index (χ0) is 13.1. The van der Waals surface area contributed by atoms with Crippen LogP contribution >= 0.6 is 11.3 Å². The lowest BCUT2D eigenvalue weighted by Gasteiger charge is -2.19. The summed E-state index contributed by atoms with van der Waals surface area (Å²) >= 11 is 1.71. The van der Waals surface area contributed by atoms with E-state index in [-0.39, 0.29) is 0 Å². The highest BCUT2D eigenvalue weighted by atomic mass is 32.1. The summed E-state index contributed by atoms with van der Waals surface area (Å²) in [6.45, 7) is 6.74. The van der Waals surface area contributed by atoms with Crippen molar-refractivity contribution in [2.24, 2.45) is 5.73 Å². The van der Waals surface area contributed by atoms with Gasteiger partial charge in [-0.05, 0) is 18.8 Å². The third kappa shape index (κ3) is 3.02. The summed E-state index contributed by atoms with van der Waals surface area (Å²) in [4.78, 5) is 8.14. The van der Waals surface area contributed by atoms with Crippen molar-refractivity contribution in [1.82, 2.24) is 4.98 Å². The van der Waals surface area contributed by atoms with Gasteiger partial charge in [-0.1, -0.05) is 13.8 Å². The molecule has 1 unspecified atom stereocenters. The van der Waals surface area contributed by atoms with Gasteiger partial charge in [0.15, 0.2) is 5.13 Å². The Morgan fingerprint density at radius 2 is 2.33 bits per heavy atom. The molecular weight excluding hydrogens is 246 g/mol. The lowest BCUT2D eigenvalue weighted by molar-refractivity contribution is 0.116. The van der Waals surface area contributed by atoms with E-state index in [0.717, 1.165) is 30.4 Å². The van der Waals surface area contributed by atoms with E-state index >= 15 is 0 Å². The minimum atomic E-state index is 0.364. The van der Waals surface area contributed by atoms with Gasteiger partial charge in [0, 0.05) is 31.6 Å². The lowest BCUT2D eigenvalue weighted by atomic mass is 10.1. The maximum Gasteiger partial charge on any atom is 0.185 e. The molecule has 0 spiro atoms. The summed E-state index contributed by atoms with van der Waals surface area (Å²) in [6.07, 6.45) is 2.71. The molecule has 0 radical (unpaired) electrons. The maximum atomic E-state index is 5.79. The van der Waals surface area contributed by atoms with E-state index in [4.69, 9.17) is 15.5 Å². The molecule has 1 atom stereocenters. The zero-order valence-electron chi connectivity index (χ0n) is 11.5. The Morgan fingerprint density at radius 1 is 1.56 bits per heavy atom. The molecule has 1 saturated heterocycles. The Labute approximate surface area is 113 Å². The first kappa shape index (κ1) is 13.8. The Kier molecular flexibility index (Phi) is 4.59. The Balaban J connectivity index is 2.07. The van der Waals surface area contributed by atoms with Crippen LogP contribution in [0.1, 0.15) is 43.2 Å². The molecule has 0 aliphatic carbocycles. The Morgan fingerprint density at radius 3 is 2.83 bits per heavy atom. The molecule has 2 N–H and O–H groups in total. The normalized spacial score (nSPS) is 19.7. The van der Waals surface area contributed by atoms with Gasteiger partial charge >= 0.3 is 0 Å². The van der Waals surface area contributed by atoms with Crippen molar-refractivity contribution in [3.05, 3.63) is 10.6 Å². The molecule has 4 nitrogen and oxygen atoms in total. The average molecular weight is 269 g/mol. The molecule has 2 rings (SSSR count). The van der Waals surface area contributed by atoms with Crippen molar-refractivity contribution in [2.45, 2.75) is 45.3 Å². The van der Waals surface area contributed by atoms with E-state index in [0.29, 0.717) is 18.6 Å². The van der Waals surface area contributed by atoms with E-state index < -0.39 is 0 Å². The van der Waals surface area contributed by atoms with Crippen LogP contribution in [0.25, 0.3) is 0 Å². The second-order valence-corrected chi connectivity index (χ2v) is 6.24. The summed E-state index contributed by atoms with van der Waals surface area (Å²) in [7, 11) is 2.09. The summed E-state index contributed by atoms with van der Waals surface area (Å²) in [5.41, 5.74) is 6.94. The lowest BCUT2D eigenvalue weighted by Crippen LogP contribution is -2.28. The van der Waals surface area contributed by atoms with Crippen molar-refractivity contribution < 1.29 is 4.74 Å². The number of rotatable bonds is 5. The van der Waals surface area contributed by atoms with Crippen LogP contribution in [0.2, 0.25) is 0 Å². The van der Waals surface area contributed by atoms with Crippen LogP contribution in [0, 0.1) is 0 Å². The third-order valence-electron chi connectivity index (χ3n) is 3.28. The van der Waals surface area contributed by atoms with Crippen molar-refractivity contribution in [1.29, 1.82) is 0 Å². The quantitative estimate of drug-likeness (QED) is 0.891. The van der Waals surface area contributed by atoms with Crippen molar-refractivity contribution >= 4 is 16.5 Å². The zero-order valence-corrected chi connectivity index (χ0v) is 12.3. The summed E-state index contributed by atoms with van der Waals surface area (Å²) in [6, 6.07) is 0. The fourth-order valence-corrected chi connectivity index (χ4v) is 3.35. The van der Waals surface area contributed by atoms with Gasteiger partial charge in [0.2, 0.25) is 0 Å². The van der Waals surface area contributed by atoms with Gasteiger partial charge in [0.25, 0.3) is 0 Å². The molecule has 1 aliphatic heterocycles. The van der Waals surface area contributed by atoms with Crippen LogP contribution in [0.4, 0.5) is 5.13 Å². The molecule has 0 bridgehead atoms. The first-order valence-electron chi connectivity index (χ1n) is 6.64. The van der Waals surface area contributed by atoms with E-state index in [1.165, 1.54) is 11.3 Å². The van der Waals surface area contributed by atoms with Gasteiger partial charge in [-0.25, -0.2) is 4.98 Å². The minimum Gasteiger partial charge on any atom is -0.376 e. The molecule has 2 heterocycles. The van der Waals surface area contributed by atoms with Crippen molar-refractivity contribution in [2.75, 3.05) is 25.1 Å². The first-order valence-corrected chi connectivity index (χ1v) is 7.46. The molecule has 5 heteroatoms. The van der Waals surface area contributed by atoms with Crippen LogP contribution in [-0.4, -0.2) is 31.3 Å². The van der Waals surface area contributed by atoms with Crippen LogP contribution in [-0.2, 0) is 11.3 Å². The minimum absolute atomic E-state index is 0.364. The maximum absolute atomic E-state index is 5.79. The number of nitrogens with zero attached hydrogens (tertiary/aromatic N) is 2. The molecule has 1 aromatic heterocycles. The highest BCUT2D eigenvalue weighted by molar-refractivity contribution is 7.15. The molecule has 0 amide bonds. The monoisotopic (exact) mass is 269 g/mol. The number of hydrogen-bond donors (Lipinski definition) is 1. The van der Waals surface area contributed by atoms with E-state index in [1.54, 1.807) is 11.3 Å². The average Bonchev–Trinajstić information content (AvgIpc) is 2.96. The molecule has 1 fully saturated rings. The predicted molar refractivity (Wildman–Crippen MR) is 76.3 cm³/mol. The van der Waals surface area contributed by atoms with Gasteiger partial charge in [-0.3, -0.25) is 0 Å². The number of nitrogens with two attached hydrogens (primary N) is 1. The summed E-state index contributed by atoms with van der Waals surface area (Å²) in [5.74, 6) is 0.435. The third-order valence-corrected chi connectivity index (χ3v) is 4.48. The molecule has 1 aliphatic rings. The number of aromatic nitrogens is 1. The predicted octanol–water partition coefficient (Wildman–Crippen LogP) is 2.34. The Bertz CT molecular complexity index is 386. The van der Waals surface area contributed by atoms with E-state index in [2.05, 4.69) is 25.8 Å². The standard InChI is InChI=1S/C13H23N3OS/c1-9(2)12-11(7-14)18-13(15-12)16(3)8-10-5-4-6-17-10/h9-10H,4-8,14H2,1-3H3. The summed E-state index contributed by atoms with van der Waals surface area (Å²) in [5, 5.41) is 1.06. The van der Waals surface area contributed by atoms with E-state index in [1.807, 2.05) is 0 Å². The molecule has 102 valence electrons. The molecular formula is C13H23N3OS. The highest BCUT2D eigenvalue weighted by Gasteiger charge is 2.20. The number of hydrogen-bond acceptors (Lipinski definition) is 5. The van der Waals surface area contributed by atoms with Gasteiger partial charge in [-0.2, -0.15) is 0 Å².